The third-order valence-corrected chi connectivity index (χ3v) is 3.05. The average molecular weight is 208 g/mol. The first-order valence-corrected chi connectivity index (χ1v) is 6.05. The van der Waals surface area contributed by atoms with Gasteiger partial charge in [0.2, 0.25) is 0 Å². The predicted molar refractivity (Wildman–Crippen MR) is 65.1 cm³/mol. The fourth-order valence-electron chi connectivity index (χ4n) is 0.858. The molecular weight excluding hydrogens is 196 g/mol. The lowest BCUT2D eigenvalue weighted by atomic mass is 10.4. The SMILES string of the molecule is C=C/C=C(/C=C/c1cccs1)SC. The van der Waals surface area contributed by atoms with Crippen LogP contribution in [0.2, 0.25) is 0 Å². The van der Waals surface area contributed by atoms with Gasteiger partial charge in [-0.05, 0) is 35.9 Å². The smallest absolute Gasteiger partial charge is 0.0270 e. The summed E-state index contributed by atoms with van der Waals surface area (Å²) in [5.74, 6) is 0. The van der Waals surface area contributed by atoms with Gasteiger partial charge in [0.1, 0.15) is 0 Å². The predicted octanol–water partition coefficient (Wildman–Crippen LogP) is 4.19. The molecule has 0 saturated heterocycles. The molecule has 0 unspecified atom stereocenters. The van der Waals surface area contributed by atoms with Crippen LogP contribution in [-0.4, -0.2) is 6.26 Å². The van der Waals surface area contributed by atoms with E-state index >= 15 is 0 Å². The Labute approximate surface area is 87.7 Å². The molecule has 1 heterocycles. The molecule has 0 saturated carbocycles. The molecular formula is C11H12S2. The molecule has 0 spiro atoms. The molecule has 0 aliphatic rings. The van der Waals surface area contributed by atoms with Gasteiger partial charge in [0.15, 0.2) is 0 Å². The Morgan fingerprint density at radius 1 is 1.62 bits per heavy atom. The molecule has 0 aromatic carbocycles. The van der Waals surface area contributed by atoms with E-state index in [2.05, 4.69) is 42.5 Å². The number of hydrogen-bond acceptors (Lipinski definition) is 2. The summed E-state index contributed by atoms with van der Waals surface area (Å²) in [6.45, 7) is 3.67. The quantitative estimate of drug-likeness (QED) is 0.668. The third-order valence-electron chi connectivity index (χ3n) is 1.47. The summed E-state index contributed by atoms with van der Waals surface area (Å²) in [4.78, 5) is 2.51. The van der Waals surface area contributed by atoms with Crippen molar-refractivity contribution < 1.29 is 0 Å². The van der Waals surface area contributed by atoms with Crippen LogP contribution in [0.25, 0.3) is 6.08 Å². The lowest BCUT2D eigenvalue weighted by Gasteiger charge is -1.92. The second kappa shape index (κ2) is 5.84. The summed E-state index contributed by atoms with van der Waals surface area (Å²) < 4.78 is 0. The van der Waals surface area contributed by atoms with Gasteiger partial charge in [-0.2, -0.15) is 0 Å². The molecule has 0 fully saturated rings. The molecule has 13 heavy (non-hydrogen) atoms. The molecule has 0 aliphatic heterocycles. The molecule has 0 radical (unpaired) electrons. The second-order valence-corrected chi connectivity index (χ2v) is 4.22. The maximum Gasteiger partial charge on any atom is 0.0270 e. The van der Waals surface area contributed by atoms with Crippen LogP contribution >= 0.6 is 23.1 Å². The number of thioether (sulfide) groups is 1. The minimum Gasteiger partial charge on any atom is -0.144 e. The zero-order chi connectivity index (χ0) is 9.52. The van der Waals surface area contributed by atoms with E-state index in [-0.39, 0.29) is 0 Å². The van der Waals surface area contributed by atoms with Crippen LogP contribution in [0.5, 0.6) is 0 Å². The van der Waals surface area contributed by atoms with E-state index in [0.717, 1.165) is 0 Å². The summed E-state index contributed by atoms with van der Waals surface area (Å²) in [5, 5.41) is 2.08. The molecule has 0 atom stereocenters. The highest BCUT2D eigenvalue weighted by Gasteiger charge is 1.88. The molecule has 0 amide bonds. The largest absolute Gasteiger partial charge is 0.144 e. The van der Waals surface area contributed by atoms with E-state index in [1.165, 1.54) is 9.78 Å². The first kappa shape index (κ1) is 10.4. The molecule has 1 aromatic rings. The molecule has 2 heteroatoms. The molecule has 0 bridgehead atoms. The van der Waals surface area contributed by atoms with Gasteiger partial charge in [0.05, 0.1) is 0 Å². The summed E-state index contributed by atoms with van der Waals surface area (Å²) in [7, 11) is 0. The van der Waals surface area contributed by atoms with Crippen molar-refractivity contribution in [2.45, 2.75) is 0 Å². The Bertz CT molecular complexity index is 305. The van der Waals surface area contributed by atoms with Crippen molar-refractivity contribution in [3.63, 3.8) is 0 Å². The van der Waals surface area contributed by atoms with E-state index in [4.69, 9.17) is 0 Å². The van der Waals surface area contributed by atoms with E-state index in [9.17, 15) is 0 Å². The van der Waals surface area contributed by atoms with E-state index in [1.807, 2.05) is 12.2 Å². The summed E-state index contributed by atoms with van der Waals surface area (Å²) in [6.07, 6.45) is 10.1. The monoisotopic (exact) mass is 208 g/mol. The topological polar surface area (TPSA) is 0 Å². The van der Waals surface area contributed by atoms with Crippen molar-refractivity contribution in [1.82, 2.24) is 0 Å². The second-order valence-electron chi connectivity index (χ2n) is 2.36. The minimum atomic E-state index is 1.23. The standard InChI is InChI=1S/C11H12S2/c1-3-5-10(12-2)7-8-11-6-4-9-13-11/h3-9H,1H2,2H3/b8-7+,10-5-. The maximum absolute atomic E-state index is 3.67. The van der Waals surface area contributed by atoms with Crippen LogP contribution in [0.15, 0.2) is 47.2 Å². The lowest BCUT2D eigenvalue weighted by Crippen LogP contribution is -1.66. The highest BCUT2D eigenvalue weighted by atomic mass is 32.2. The van der Waals surface area contributed by atoms with Crippen LogP contribution in [0.1, 0.15) is 4.88 Å². The molecule has 1 aromatic heterocycles. The zero-order valence-electron chi connectivity index (χ0n) is 7.57. The molecule has 0 nitrogen and oxygen atoms in total. The summed E-state index contributed by atoms with van der Waals surface area (Å²) in [5.41, 5.74) is 0. The van der Waals surface area contributed by atoms with Gasteiger partial charge in [-0.15, -0.1) is 23.1 Å². The summed E-state index contributed by atoms with van der Waals surface area (Å²) >= 11 is 3.47. The Morgan fingerprint density at radius 3 is 3.00 bits per heavy atom. The Morgan fingerprint density at radius 2 is 2.46 bits per heavy atom. The van der Waals surface area contributed by atoms with Gasteiger partial charge in [-0.25, -0.2) is 0 Å². The normalized spacial score (nSPS) is 12.2. The Balaban J connectivity index is 2.66. The third kappa shape index (κ3) is 3.66. The van der Waals surface area contributed by atoms with Crippen molar-refractivity contribution in [2.75, 3.05) is 6.26 Å². The highest BCUT2D eigenvalue weighted by Crippen LogP contribution is 2.17. The Kier molecular flexibility index (Phi) is 4.65. The van der Waals surface area contributed by atoms with Crippen molar-refractivity contribution in [3.8, 4) is 0 Å². The van der Waals surface area contributed by atoms with Gasteiger partial charge in [-0.3, -0.25) is 0 Å². The van der Waals surface area contributed by atoms with Crippen LogP contribution in [0.3, 0.4) is 0 Å². The highest BCUT2D eigenvalue weighted by molar-refractivity contribution is 8.02. The van der Waals surface area contributed by atoms with E-state index in [1.54, 1.807) is 23.1 Å². The van der Waals surface area contributed by atoms with Gasteiger partial charge >= 0.3 is 0 Å². The number of hydrogen-bond donors (Lipinski definition) is 0. The number of allylic oxidation sites excluding steroid dienone is 3. The zero-order valence-corrected chi connectivity index (χ0v) is 9.20. The van der Waals surface area contributed by atoms with Gasteiger partial charge < -0.3 is 0 Å². The van der Waals surface area contributed by atoms with Crippen LogP contribution in [0, 0.1) is 0 Å². The fourth-order valence-corrected chi connectivity index (χ4v) is 1.91. The molecule has 0 N–H and O–H groups in total. The van der Waals surface area contributed by atoms with Crippen LogP contribution in [0.4, 0.5) is 0 Å². The molecule has 1 rings (SSSR count). The van der Waals surface area contributed by atoms with Crippen molar-refractivity contribution >= 4 is 29.2 Å². The average Bonchev–Trinajstić information content (AvgIpc) is 2.64. The van der Waals surface area contributed by atoms with Gasteiger partial charge in [0.25, 0.3) is 0 Å². The first-order chi connectivity index (χ1) is 6.36. The van der Waals surface area contributed by atoms with E-state index < -0.39 is 0 Å². The molecule has 68 valence electrons. The van der Waals surface area contributed by atoms with Crippen LogP contribution < -0.4 is 0 Å². The van der Waals surface area contributed by atoms with Crippen LogP contribution in [-0.2, 0) is 0 Å². The van der Waals surface area contributed by atoms with Gasteiger partial charge in [-0.1, -0.05) is 18.7 Å². The van der Waals surface area contributed by atoms with Crippen molar-refractivity contribution in [1.29, 1.82) is 0 Å². The fraction of sp³-hybridized carbons (Fsp3) is 0.0909. The lowest BCUT2D eigenvalue weighted by molar-refractivity contribution is 1.88. The molecule has 0 aliphatic carbocycles. The number of thiophene rings is 1. The van der Waals surface area contributed by atoms with Crippen molar-refractivity contribution in [3.05, 3.63) is 52.1 Å². The number of rotatable bonds is 4. The first-order valence-electron chi connectivity index (χ1n) is 3.95. The van der Waals surface area contributed by atoms with Gasteiger partial charge in [0, 0.05) is 9.78 Å². The Hall–Kier alpha value is -0.730. The maximum atomic E-state index is 3.67. The minimum absolute atomic E-state index is 1.23. The summed E-state index contributed by atoms with van der Waals surface area (Å²) in [6, 6.07) is 4.16. The van der Waals surface area contributed by atoms with Crippen molar-refractivity contribution in [2.24, 2.45) is 0 Å². The van der Waals surface area contributed by atoms with E-state index in [0.29, 0.717) is 0 Å².